The van der Waals surface area contributed by atoms with Crippen LogP contribution in [0.25, 0.3) is 0 Å². The summed E-state index contributed by atoms with van der Waals surface area (Å²) < 4.78 is 7.15. The molecule has 0 unspecified atom stereocenters. The Morgan fingerprint density at radius 2 is 0.606 bits per heavy atom. The molecule has 5 aromatic rings. The number of hydrogen-bond donors (Lipinski definition) is 0. The van der Waals surface area contributed by atoms with Crippen molar-refractivity contribution in [3.05, 3.63) is 158 Å². The van der Waals surface area contributed by atoms with Crippen LogP contribution in [0.3, 0.4) is 0 Å². The first-order valence-electron chi connectivity index (χ1n) is 39.1. The van der Waals surface area contributed by atoms with Crippen LogP contribution in [-0.4, -0.2) is 64.9 Å². The first-order valence-corrected chi connectivity index (χ1v) is 47.9. The van der Waals surface area contributed by atoms with Crippen LogP contribution < -0.4 is 26.0 Å². The van der Waals surface area contributed by atoms with E-state index < -0.39 is 15.8 Å². The normalized spacial score (nSPS) is 19.1. The topological polar surface area (TPSA) is 9.23 Å². The Hall–Kier alpha value is -1.00. The van der Waals surface area contributed by atoms with Crippen molar-refractivity contribution in [2.45, 2.75) is 375 Å². The van der Waals surface area contributed by atoms with Gasteiger partial charge < -0.3 is 19.6 Å². The minimum Gasteiger partial charge on any atom is -0.455 e. The molecule has 1 aliphatic heterocycles. The van der Waals surface area contributed by atoms with Gasteiger partial charge in [-0.2, -0.15) is 0 Å². The summed E-state index contributed by atoms with van der Waals surface area (Å²) in [6, 6.07) is 46.2. The third kappa shape index (κ3) is 23.0. The number of fused-ring (bicyclic) bond motifs is 2. The molecule has 0 aromatic heterocycles. The van der Waals surface area contributed by atoms with Crippen LogP contribution in [0.5, 0.6) is 11.5 Å². The molecule has 552 valence electrons. The molecular weight excluding hydrogens is 1350 g/mol. The van der Waals surface area contributed by atoms with Crippen molar-refractivity contribution in [1.82, 2.24) is 0 Å². The zero-order valence-corrected chi connectivity index (χ0v) is 73.8. The van der Waals surface area contributed by atoms with E-state index in [-0.39, 0.29) is 89.6 Å². The van der Waals surface area contributed by atoms with Crippen LogP contribution in [0.1, 0.15) is 315 Å². The summed E-state index contributed by atoms with van der Waals surface area (Å²) in [6.07, 6.45) is 39.1. The standard InChI is InChI=1S/C31H48OP2.C28H44P2.C17H19P.C13H27P.2CH3.Fe/c1-27(2,3)33(28(4,5)6)23-19-15-17-21-25(23)32-26-22(31(21,13)14)18-16-20-24(26)34(29(7,8)9)30(10,11)12;1-2-13-25(12-1)29(26-14-3-4-15-26)21-23-10-9-11-24(20-23)22-30(27-16-5-6-17-27)28-18-7-8-19-28;1-3-9-15(10-4-1)18(17-13-7-8-14-17)16-11-5-2-6-12-16;1-12(2,3)14(13(4,5)6)11-9-7-8-10-11;;;/h15-20H,1-14H3;9-11,20,25-28H,1-8,12-19,21-22H2;1-6,9-12,17H,7-8,13-14H2;11H,7-10H2,1-6H3;2*1H3;/q;;;;2*-1;+2. The molecule has 1 heterocycles. The fourth-order valence-electron chi connectivity index (χ4n) is 19.8. The zero-order valence-electron chi connectivity index (χ0n) is 67.3. The molecule has 0 amide bonds. The molecule has 8 heteroatoms. The van der Waals surface area contributed by atoms with Crippen LogP contribution in [0, 0.1) is 14.9 Å². The van der Waals surface area contributed by atoms with E-state index in [0.29, 0.717) is 10.3 Å². The van der Waals surface area contributed by atoms with Gasteiger partial charge in [-0.25, -0.2) is 0 Å². The Balaban J connectivity index is 0.000000217. The Bertz CT molecular complexity index is 2900. The third-order valence-electron chi connectivity index (χ3n) is 22.5. The number of rotatable bonds is 14. The smallest absolute Gasteiger partial charge is 0.455 e. The van der Waals surface area contributed by atoms with Crippen molar-refractivity contribution < 1.29 is 21.8 Å². The van der Waals surface area contributed by atoms with E-state index in [1.54, 1.807) is 73.1 Å². The molecule has 0 saturated heterocycles. The number of benzene rings is 5. The minimum atomic E-state index is -0.473. The van der Waals surface area contributed by atoms with E-state index in [1.807, 2.05) is 0 Å². The first-order chi connectivity index (χ1) is 45.2. The van der Waals surface area contributed by atoms with E-state index in [2.05, 4.69) is 260 Å². The van der Waals surface area contributed by atoms with Crippen molar-refractivity contribution >= 4 is 68.7 Å². The summed E-state index contributed by atoms with van der Waals surface area (Å²) in [5.41, 5.74) is 12.3. The molecule has 99 heavy (non-hydrogen) atoms. The van der Waals surface area contributed by atoms with Crippen molar-refractivity contribution in [3.8, 4) is 11.5 Å². The summed E-state index contributed by atoms with van der Waals surface area (Å²) in [7, 11) is -0.510. The van der Waals surface area contributed by atoms with Crippen molar-refractivity contribution in [2.24, 2.45) is 0 Å². The van der Waals surface area contributed by atoms with Gasteiger partial charge in [0.05, 0.1) is 0 Å². The molecule has 12 rings (SSSR count). The van der Waals surface area contributed by atoms with E-state index in [0.717, 1.165) is 45.5 Å². The molecule has 0 radical (unpaired) electrons. The molecule has 1 nitrogen and oxygen atoms in total. The van der Waals surface area contributed by atoms with Crippen LogP contribution >= 0.6 is 47.5 Å². The molecule has 0 bridgehead atoms. The molecule has 6 saturated carbocycles. The van der Waals surface area contributed by atoms with Crippen LogP contribution in [0.4, 0.5) is 0 Å². The van der Waals surface area contributed by atoms with Crippen LogP contribution in [0.15, 0.2) is 121 Å². The summed E-state index contributed by atoms with van der Waals surface area (Å²) >= 11 is 0. The fourth-order valence-corrected chi connectivity index (χ4v) is 43.6. The van der Waals surface area contributed by atoms with Crippen LogP contribution in [0.2, 0.25) is 0 Å². The first kappa shape index (κ1) is 86.9. The number of para-hydroxylation sites is 2. The van der Waals surface area contributed by atoms with Crippen LogP contribution in [-0.2, 0) is 34.8 Å². The Morgan fingerprint density at radius 1 is 0.333 bits per heavy atom. The molecule has 6 fully saturated rings. The summed E-state index contributed by atoms with van der Waals surface area (Å²) in [4.78, 5) is 0. The van der Waals surface area contributed by atoms with Gasteiger partial charge in [0.25, 0.3) is 0 Å². The predicted molar refractivity (Wildman–Crippen MR) is 457 cm³/mol. The number of hydrogen-bond acceptors (Lipinski definition) is 1. The van der Waals surface area contributed by atoms with Gasteiger partial charge in [0.15, 0.2) is 0 Å². The second kappa shape index (κ2) is 37.7. The monoisotopic (exact) mass is 1490 g/mol. The molecular formula is C91H144FeOP6. The van der Waals surface area contributed by atoms with E-state index in [4.69, 9.17) is 4.74 Å². The molecule has 5 aromatic carbocycles. The summed E-state index contributed by atoms with van der Waals surface area (Å²) in [5, 5.41) is 7.70. The van der Waals surface area contributed by atoms with Gasteiger partial charge in [-0.05, 0) is 184 Å². The average molecular weight is 1500 g/mol. The maximum Gasteiger partial charge on any atom is 2.00 e. The Kier molecular flexibility index (Phi) is 33.1. The minimum absolute atomic E-state index is 0. The second-order valence-electron chi connectivity index (χ2n) is 36.9. The van der Waals surface area contributed by atoms with Gasteiger partial charge in [0, 0.05) is 27.2 Å². The van der Waals surface area contributed by atoms with E-state index in [9.17, 15) is 0 Å². The van der Waals surface area contributed by atoms with E-state index >= 15 is 0 Å². The van der Waals surface area contributed by atoms with Gasteiger partial charge in [-0.3, -0.25) is 0 Å². The van der Waals surface area contributed by atoms with Gasteiger partial charge in [-0.15, -0.1) is 0 Å². The third-order valence-corrected chi connectivity index (χ3v) is 43.9. The fraction of sp³-hybridized carbons (Fsp3) is 0.648. The average Bonchev–Trinajstić information content (AvgIpc) is 1.32. The van der Waals surface area contributed by atoms with Gasteiger partial charge in [0.2, 0.25) is 0 Å². The molecule has 0 spiro atoms. The van der Waals surface area contributed by atoms with Gasteiger partial charge in [0.1, 0.15) is 11.5 Å². The maximum atomic E-state index is 7.15. The maximum absolute atomic E-state index is 7.15. The van der Waals surface area contributed by atoms with Crippen molar-refractivity contribution in [2.75, 3.05) is 0 Å². The summed E-state index contributed by atoms with van der Waals surface area (Å²) in [5.74, 6) is 2.25. The Morgan fingerprint density at radius 3 is 0.889 bits per heavy atom. The summed E-state index contributed by atoms with van der Waals surface area (Å²) in [6.45, 7) is 48.2. The quantitative estimate of drug-likeness (QED) is 0.0612. The SMILES string of the molecule is CC(C)(C)P(C1CCCC1)C(C)(C)C.CC1(C)c2cccc(P(C(C)(C)C)C(C)(C)C)c2Oc2c(P(C(C)(C)C)C(C)(C)C)cccc21.[CH3-].[CH3-].[Fe+2].c1cc(CP(C2CCCC2)C2CCCC2)cc(CP(C2CCCC2)C2CCCC2)c1.c1ccc(P(c2ccccc2)C2CCCC2)cc1. The predicted octanol–water partition coefficient (Wildman–Crippen LogP) is 28.9. The van der Waals surface area contributed by atoms with E-state index in [1.165, 1.54) is 137 Å². The zero-order chi connectivity index (χ0) is 69.4. The van der Waals surface area contributed by atoms with Gasteiger partial charge >= 0.3 is 17.1 Å². The molecule has 0 atom stereocenters. The molecule has 0 N–H and O–H groups in total. The van der Waals surface area contributed by atoms with Gasteiger partial charge in [-0.1, -0.05) is 376 Å². The second-order valence-corrected chi connectivity index (χ2v) is 56.9. The molecule has 6 aliphatic carbocycles. The van der Waals surface area contributed by atoms with Crippen molar-refractivity contribution in [3.63, 3.8) is 0 Å². The number of ether oxygens (including phenoxy) is 1. The molecule has 7 aliphatic rings. The Labute approximate surface area is 631 Å². The van der Waals surface area contributed by atoms with Crippen molar-refractivity contribution in [1.29, 1.82) is 0 Å². The largest absolute Gasteiger partial charge is 2.00 e.